The van der Waals surface area contributed by atoms with Crippen molar-refractivity contribution in [2.75, 3.05) is 7.11 Å². The molecule has 0 aromatic carbocycles. The summed E-state index contributed by atoms with van der Waals surface area (Å²) in [6.07, 6.45) is 4.69. The quantitative estimate of drug-likeness (QED) is 0.828. The molecular formula is C10H16N2OS. The summed E-state index contributed by atoms with van der Waals surface area (Å²) in [6, 6.07) is 1.04. The fourth-order valence-electron chi connectivity index (χ4n) is 1.77. The maximum Gasteiger partial charge on any atom is 0.0794 e. The van der Waals surface area contributed by atoms with Crippen molar-refractivity contribution in [3.63, 3.8) is 0 Å². The lowest BCUT2D eigenvalue weighted by Gasteiger charge is -2.36. The third-order valence-corrected chi connectivity index (χ3v) is 3.75. The second-order valence-corrected chi connectivity index (χ2v) is 4.74. The Morgan fingerprint density at radius 1 is 1.64 bits per heavy atom. The molecule has 1 aliphatic carbocycles. The van der Waals surface area contributed by atoms with Gasteiger partial charge in [0, 0.05) is 30.3 Å². The van der Waals surface area contributed by atoms with Gasteiger partial charge < -0.3 is 10.1 Å². The highest BCUT2D eigenvalue weighted by atomic mass is 32.1. The molecule has 1 fully saturated rings. The first-order chi connectivity index (χ1) is 6.79. The van der Waals surface area contributed by atoms with Crippen LogP contribution in [0.5, 0.6) is 0 Å². The van der Waals surface area contributed by atoms with E-state index in [1.165, 1.54) is 4.88 Å². The van der Waals surface area contributed by atoms with Crippen molar-refractivity contribution in [2.45, 2.75) is 38.0 Å². The summed E-state index contributed by atoms with van der Waals surface area (Å²) < 4.78 is 5.24. The highest BCUT2D eigenvalue weighted by Gasteiger charge is 2.29. The van der Waals surface area contributed by atoms with Gasteiger partial charge in [-0.05, 0) is 19.8 Å². The van der Waals surface area contributed by atoms with Crippen LogP contribution in [0, 0.1) is 0 Å². The van der Waals surface area contributed by atoms with E-state index in [9.17, 15) is 0 Å². The summed E-state index contributed by atoms with van der Waals surface area (Å²) in [6.45, 7) is 2.19. The molecule has 1 unspecified atom stereocenters. The molecule has 3 nitrogen and oxygen atoms in total. The van der Waals surface area contributed by atoms with Crippen LogP contribution in [-0.2, 0) is 4.74 Å². The highest BCUT2D eigenvalue weighted by Crippen LogP contribution is 2.26. The summed E-state index contributed by atoms with van der Waals surface area (Å²) in [5.41, 5.74) is 1.88. The van der Waals surface area contributed by atoms with Crippen molar-refractivity contribution in [2.24, 2.45) is 0 Å². The summed E-state index contributed by atoms with van der Waals surface area (Å²) >= 11 is 1.71. The monoisotopic (exact) mass is 212 g/mol. The fourth-order valence-corrected chi connectivity index (χ4v) is 2.41. The van der Waals surface area contributed by atoms with Crippen molar-refractivity contribution in [1.29, 1.82) is 0 Å². The minimum Gasteiger partial charge on any atom is -0.381 e. The van der Waals surface area contributed by atoms with E-state index >= 15 is 0 Å². The molecule has 1 aliphatic rings. The Morgan fingerprint density at radius 2 is 2.43 bits per heavy atom. The zero-order valence-corrected chi connectivity index (χ0v) is 9.38. The van der Waals surface area contributed by atoms with Crippen LogP contribution >= 0.6 is 11.3 Å². The van der Waals surface area contributed by atoms with E-state index in [0.29, 0.717) is 18.2 Å². The van der Waals surface area contributed by atoms with E-state index in [2.05, 4.69) is 17.2 Å². The van der Waals surface area contributed by atoms with Crippen LogP contribution in [0.15, 0.2) is 11.7 Å². The van der Waals surface area contributed by atoms with Crippen LogP contribution in [0.25, 0.3) is 0 Å². The molecule has 0 radical (unpaired) electrons. The first kappa shape index (κ1) is 10.1. The van der Waals surface area contributed by atoms with Crippen molar-refractivity contribution in [3.8, 4) is 0 Å². The van der Waals surface area contributed by atoms with Gasteiger partial charge >= 0.3 is 0 Å². The minimum atomic E-state index is 0.422. The summed E-state index contributed by atoms with van der Waals surface area (Å²) in [5, 5.41) is 3.57. The predicted octanol–water partition coefficient (Wildman–Crippen LogP) is 1.97. The number of aromatic nitrogens is 1. The summed E-state index contributed by atoms with van der Waals surface area (Å²) in [7, 11) is 1.79. The average Bonchev–Trinajstić information content (AvgIpc) is 2.62. The topological polar surface area (TPSA) is 34.1 Å². The molecule has 0 spiro atoms. The van der Waals surface area contributed by atoms with E-state index in [1.54, 1.807) is 18.4 Å². The first-order valence-electron chi connectivity index (χ1n) is 4.97. The Balaban J connectivity index is 1.77. The summed E-state index contributed by atoms with van der Waals surface area (Å²) in [4.78, 5) is 5.39. The molecule has 1 atom stereocenters. The molecule has 2 rings (SSSR count). The molecule has 1 N–H and O–H groups in total. The van der Waals surface area contributed by atoms with Crippen LogP contribution in [0.1, 0.15) is 30.7 Å². The molecule has 78 valence electrons. The van der Waals surface area contributed by atoms with Crippen LogP contribution in [-0.4, -0.2) is 24.2 Å². The van der Waals surface area contributed by atoms with Crippen molar-refractivity contribution >= 4 is 11.3 Å². The molecule has 14 heavy (non-hydrogen) atoms. The molecule has 0 aliphatic heterocycles. The largest absolute Gasteiger partial charge is 0.381 e. The number of hydrogen-bond acceptors (Lipinski definition) is 4. The first-order valence-corrected chi connectivity index (χ1v) is 5.84. The lowest BCUT2D eigenvalue weighted by molar-refractivity contribution is 0.0148. The number of thiazole rings is 1. The zero-order chi connectivity index (χ0) is 9.97. The second kappa shape index (κ2) is 4.38. The number of nitrogens with one attached hydrogen (secondary N) is 1. The molecule has 1 aromatic heterocycles. The van der Waals surface area contributed by atoms with Gasteiger partial charge in [-0.15, -0.1) is 11.3 Å². The van der Waals surface area contributed by atoms with Gasteiger partial charge in [-0.1, -0.05) is 0 Å². The van der Waals surface area contributed by atoms with E-state index in [4.69, 9.17) is 4.74 Å². The van der Waals surface area contributed by atoms with Crippen LogP contribution in [0.2, 0.25) is 0 Å². The normalized spacial score (nSPS) is 28.4. The summed E-state index contributed by atoms with van der Waals surface area (Å²) in [5.74, 6) is 0. The van der Waals surface area contributed by atoms with Crippen molar-refractivity contribution in [3.05, 3.63) is 16.6 Å². The molecular weight excluding hydrogens is 196 g/mol. The van der Waals surface area contributed by atoms with Gasteiger partial charge in [0.1, 0.15) is 0 Å². The molecule has 0 saturated heterocycles. The second-order valence-electron chi connectivity index (χ2n) is 3.82. The third-order valence-electron chi connectivity index (χ3n) is 2.79. The van der Waals surface area contributed by atoms with Gasteiger partial charge in [0.05, 0.1) is 11.6 Å². The lowest BCUT2D eigenvalue weighted by atomic mass is 9.88. The molecule has 0 amide bonds. The highest BCUT2D eigenvalue weighted by molar-refractivity contribution is 7.09. The average molecular weight is 212 g/mol. The molecule has 1 heterocycles. The Bertz CT molecular complexity index is 270. The van der Waals surface area contributed by atoms with Crippen molar-refractivity contribution in [1.82, 2.24) is 10.3 Å². The molecule has 0 bridgehead atoms. The van der Waals surface area contributed by atoms with Crippen LogP contribution in [0.3, 0.4) is 0 Å². The van der Waals surface area contributed by atoms with Gasteiger partial charge in [0.15, 0.2) is 0 Å². The Hall–Kier alpha value is -0.450. The number of ether oxygens (including phenoxy) is 1. The Kier molecular flexibility index (Phi) is 3.15. The third kappa shape index (κ3) is 2.13. The molecule has 1 saturated carbocycles. The van der Waals surface area contributed by atoms with Gasteiger partial charge in [0.25, 0.3) is 0 Å². The predicted molar refractivity (Wildman–Crippen MR) is 57.5 cm³/mol. The van der Waals surface area contributed by atoms with Crippen molar-refractivity contribution < 1.29 is 4.74 Å². The molecule has 4 heteroatoms. The van der Waals surface area contributed by atoms with Gasteiger partial charge in [0.2, 0.25) is 0 Å². The smallest absolute Gasteiger partial charge is 0.0794 e. The number of methoxy groups -OCH3 is 1. The van der Waals surface area contributed by atoms with E-state index in [1.807, 2.05) is 11.7 Å². The van der Waals surface area contributed by atoms with Gasteiger partial charge in [-0.25, -0.2) is 0 Å². The Labute approximate surface area is 88.5 Å². The van der Waals surface area contributed by atoms with E-state index in [-0.39, 0.29) is 0 Å². The molecule has 1 aromatic rings. The van der Waals surface area contributed by atoms with E-state index in [0.717, 1.165) is 12.8 Å². The SMILES string of the molecule is COC1CC(NC(C)c2cncs2)C1. The number of rotatable bonds is 4. The lowest BCUT2D eigenvalue weighted by Crippen LogP contribution is -2.45. The maximum atomic E-state index is 5.24. The fraction of sp³-hybridized carbons (Fsp3) is 0.700. The maximum absolute atomic E-state index is 5.24. The van der Waals surface area contributed by atoms with Crippen LogP contribution < -0.4 is 5.32 Å². The van der Waals surface area contributed by atoms with Crippen LogP contribution in [0.4, 0.5) is 0 Å². The van der Waals surface area contributed by atoms with Gasteiger partial charge in [-0.3, -0.25) is 4.98 Å². The number of nitrogens with zero attached hydrogens (tertiary/aromatic N) is 1. The standard InChI is InChI=1S/C10H16N2OS/c1-7(10-5-11-6-14-10)12-8-3-9(4-8)13-2/h5-9,12H,3-4H2,1-2H3. The Morgan fingerprint density at radius 3 is 3.00 bits per heavy atom. The number of hydrogen-bond donors (Lipinski definition) is 1. The minimum absolute atomic E-state index is 0.422. The van der Waals surface area contributed by atoms with Gasteiger partial charge in [-0.2, -0.15) is 0 Å². The van der Waals surface area contributed by atoms with E-state index < -0.39 is 0 Å². The zero-order valence-electron chi connectivity index (χ0n) is 8.56.